The second kappa shape index (κ2) is 4.57. The number of nitrogens with one attached hydrogen (secondary N) is 1. The van der Waals surface area contributed by atoms with E-state index >= 15 is 0 Å². The van der Waals surface area contributed by atoms with E-state index in [1.54, 1.807) is 18.3 Å². The Bertz CT molecular complexity index is 286. The number of hydrogen-bond acceptors (Lipinski definition) is 4. The van der Waals surface area contributed by atoms with Crippen LogP contribution in [0.15, 0.2) is 18.3 Å². The average Bonchev–Trinajstić information content (AvgIpc) is 2.15. The summed E-state index contributed by atoms with van der Waals surface area (Å²) < 4.78 is 0. The molecule has 1 aromatic rings. The van der Waals surface area contributed by atoms with E-state index in [9.17, 15) is 4.79 Å². The fourth-order valence-corrected chi connectivity index (χ4v) is 0.856. The van der Waals surface area contributed by atoms with Crippen molar-refractivity contribution in [3.63, 3.8) is 0 Å². The molecule has 0 unspecified atom stereocenters. The summed E-state index contributed by atoms with van der Waals surface area (Å²) in [7, 11) is 3.91. The van der Waals surface area contributed by atoms with Gasteiger partial charge in [-0.15, -0.1) is 0 Å². The maximum Gasteiger partial charge on any atom is 0.150 e. The monoisotopic (exact) mass is 179 g/mol. The Balaban J connectivity index is 2.61. The summed E-state index contributed by atoms with van der Waals surface area (Å²) in [5, 5.41) is 3.07. The maximum absolute atomic E-state index is 10.4. The van der Waals surface area contributed by atoms with Gasteiger partial charge in [0.15, 0.2) is 0 Å². The van der Waals surface area contributed by atoms with Gasteiger partial charge in [0.05, 0.1) is 6.67 Å². The van der Waals surface area contributed by atoms with Gasteiger partial charge in [0, 0.05) is 11.8 Å². The van der Waals surface area contributed by atoms with Gasteiger partial charge in [-0.2, -0.15) is 0 Å². The fraction of sp³-hybridized carbons (Fsp3) is 0.333. The Labute approximate surface area is 77.6 Å². The Morgan fingerprint density at radius 3 is 3.00 bits per heavy atom. The molecule has 0 bridgehead atoms. The highest BCUT2D eigenvalue weighted by Crippen LogP contribution is 2.03. The van der Waals surface area contributed by atoms with Crippen molar-refractivity contribution in [2.75, 3.05) is 26.1 Å². The van der Waals surface area contributed by atoms with Crippen LogP contribution >= 0.6 is 0 Å². The highest BCUT2D eigenvalue weighted by atomic mass is 16.1. The molecule has 0 fully saturated rings. The summed E-state index contributed by atoms with van der Waals surface area (Å²) in [5.74, 6) is 0.721. The van der Waals surface area contributed by atoms with Crippen LogP contribution in [-0.2, 0) is 0 Å². The SMILES string of the molecule is CN(C)CNc1cc(C=O)ccn1. The van der Waals surface area contributed by atoms with Crippen LogP contribution in [0.3, 0.4) is 0 Å². The predicted octanol–water partition coefficient (Wildman–Crippen LogP) is 0.825. The minimum absolute atomic E-state index is 0.635. The van der Waals surface area contributed by atoms with Gasteiger partial charge in [-0.1, -0.05) is 0 Å². The molecule has 0 spiro atoms. The van der Waals surface area contributed by atoms with Crippen molar-refractivity contribution in [3.8, 4) is 0 Å². The van der Waals surface area contributed by atoms with Gasteiger partial charge in [0.2, 0.25) is 0 Å². The number of carbonyl (C=O) groups is 1. The van der Waals surface area contributed by atoms with Crippen LogP contribution in [0, 0.1) is 0 Å². The Morgan fingerprint density at radius 1 is 1.62 bits per heavy atom. The third-order valence-corrected chi connectivity index (χ3v) is 1.50. The third kappa shape index (κ3) is 3.21. The quantitative estimate of drug-likeness (QED) is 0.549. The molecule has 0 aromatic carbocycles. The predicted molar refractivity (Wildman–Crippen MR) is 51.8 cm³/mol. The van der Waals surface area contributed by atoms with Crippen molar-refractivity contribution in [1.29, 1.82) is 0 Å². The second-order valence-corrected chi connectivity index (χ2v) is 3.01. The normalized spacial score (nSPS) is 10.1. The molecule has 13 heavy (non-hydrogen) atoms. The van der Waals surface area contributed by atoms with Crippen LogP contribution in [0.4, 0.5) is 5.82 Å². The van der Waals surface area contributed by atoms with Crippen molar-refractivity contribution < 1.29 is 4.79 Å². The first-order chi connectivity index (χ1) is 6.22. The maximum atomic E-state index is 10.4. The summed E-state index contributed by atoms with van der Waals surface area (Å²) in [6.45, 7) is 0.704. The minimum Gasteiger partial charge on any atom is -0.357 e. The van der Waals surface area contributed by atoms with Crippen molar-refractivity contribution in [2.24, 2.45) is 0 Å². The van der Waals surface area contributed by atoms with E-state index in [2.05, 4.69) is 10.3 Å². The van der Waals surface area contributed by atoms with Crippen LogP contribution in [0.1, 0.15) is 10.4 Å². The number of anilines is 1. The van der Waals surface area contributed by atoms with E-state index in [1.165, 1.54) is 0 Å². The Hall–Kier alpha value is -1.42. The van der Waals surface area contributed by atoms with E-state index in [1.807, 2.05) is 19.0 Å². The molecule has 0 atom stereocenters. The molecule has 0 aliphatic heterocycles. The molecule has 0 saturated carbocycles. The number of nitrogens with zero attached hydrogens (tertiary/aromatic N) is 2. The van der Waals surface area contributed by atoms with E-state index < -0.39 is 0 Å². The molecule has 4 nitrogen and oxygen atoms in total. The Morgan fingerprint density at radius 2 is 2.38 bits per heavy atom. The molecule has 0 amide bonds. The molecule has 0 aliphatic rings. The number of carbonyl (C=O) groups excluding carboxylic acids is 1. The zero-order valence-electron chi connectivity index (χ0n) is 7.82. The molecule has 1 heterocycles. The van der Waals surface area contributed by atoms with Gasteiger partial charge in [-0.3, -0.25) is 9.69 Å². The first-order valence-corrected chi connectivity index (χ1v) is 4.02. The lowest BCUT2D eigenvalue weighted by atomic mass is 10.3. The van der Waals surface area contributed by atoms with Crippen molar-refractivity contribution >= 4 is 12.1 Å². The van der Waals surface area contributed by atoms with Gasteiger partial charge in [-0.25, -0.2) is 4.98 Å². The topological polar surface area (TPSA) is 45.2 Å². The highest BCUT2D eigenvalue weighted by molar-refractivity contribution is 5.75. The smallest absolute Gasteiger partial charge is 0.150 e. The molecule has 0 saturated heterocycles. The molecule has 1 aromatic heterocycles. The third-order valence-electron chi connectivity index (χ3n) is 1.50. The zero-order valence-corrected chi connectivity index (χ0v) is 7.82. The summed E-state index contributed by atoms with van der Waals surface area (Å²) in [6, 6.07) is 3.39. The molecule has 70 valence electrons. The van der Waals surface area contributed by atoms with Gasteiger partial charge < -0.3 is 5.32 Å². The lowest BCUT2D eigenvalue weighted by Crippen LogP contribution is -2.20. The van der Waals surface area contributed by atoms with E-state index in [0.29, 0.717) is 12.2 Å². The molecular formula is C9H13N3O. The number of aromatic nitrogens is 1. The van der Waals surface area contributed by atoms with Crippen LogP contribution in [-0.4, -0.2) is 36.9 Å². The van der Waals surface area contributed by atoms with E-state index in [-0.39, 0.29) is 0 Å². The van der Waals surface area contributed by atoms with Crippen molar-refractivity contribution in [1.82, 2.24) is 9.88 Å². The van der Waals surface area contributed by atoms with Crippen LogP contribution in [0.25, 0.3) is 0 Å². The molecule has 1 N–H and O–H groups in total. The van der Waals surface area contributed by atoms with Crippen LogP contribution in [0.5, 0.6) is 0 Å². The summed E-state index contributed by atoms with van der Waals surface area (Å²) >= 11 is 0. The molecular weight excluding hydrogens is 166 g/mol. The van der Waals surface area contributed by atoms with Gasteiger partial charge in [0.25, 0.3) is 0 Å². The molecule has 0 aliphatic carbocycles. The first-order valence-electron chi connectivity index (χ1n) is 4.02. The van der Waals surface area contributed by atoms with Crippen LogP contribution < -0.4 is 5.32 Å². The number of rotatable bonds is 4. The standard InChI is InChI=1S/C9H13N3O/c1-12(2)7-11-9-5-8(6-13)3-4-10-9/h3-6H,7H2,1-2H3,(H,10,11). The highest BCUT2D eigenvalue weighted by Gasteiger charge is 1.95. The lowest BCUT2D eigenvalue weighted by Gasteiger charge is -2.11. The average molecular weight is 179 g/mol. The summed E-state index contributed by atoms with van der Waals surface area (Å²) in [5.41, 5.74) is 0.635. The van der Waals surface area contributed by atoms with Gasteiger partial charge >= 0.3 is 0 Å². The fourth-order valence-electron chi connectivity index (χ4n) is 0.856. The number of pyridine rings is 1. The molecule has 4 heteroatoms. The molecule has 1 rings (SSSR count). The Kier molecular flexibility index (Phi) is 3.40. The largest absolute Gasteiger partial charge is 0.357 e. The summed E-state index contributed by atoms with van der Waals surface area (Å²) in [6.07, 6.45) is 2.42. The van der Waals surface area contributed by atoms with Crippen molar-refractivity contribution in [3.05, 3.63) is 23.9 Å². The number of aldehydes is 1. The van der Waals surface area contributed by atoms with Crippen molar-refractivity contribution in [2.45, 2.75) is 0 Å². The lowest BCUT2D eigenvalue weighted by molar-refractivity contribution is 0.112. The van der Waals surface area contributed by atoms with Crippen LogP contribution in [0.2, 0.25) is 0 Å². The van der Waals surface area contributed by atoms with E-state index in [4.69, 9.17) is 0 Å². The second-order valence-electron chi connectivity index (χ2n) is 3.01. The first kappa shape index (κ1) is 9.67. The number of hydrogen-bond donors (Lipinski definition) is 1. The zero-order chi connectivity index (χ0) is 9.68. The van der Waals surface area contributed by atoms with Gasteiger partial charge in [-0.05, 0) is 26.2 Å². The summed E-state index contributed by atoms with van der Waals surface area (Å²) in [4.78, 5) is 16.5. The minimum atomic E-state index is 0.635. The van der Waals surface area contributed by atoms with Gasteiger partial charge in [0.1, 0.15) is 12.1 Å². The van der Waals surface area contributed by atoms with E-state index in [0.717, 1.165) is 12.1 Å². The molecule has 0 radical (unpaired) electrons.